The fraction of sp³-hybridized carbons (Fsp3) is 0.500. The fourth-order valence-electron chi connectivity index (χ4n) is 1.82. The van der Waals surface area contributed by atoms with Gasteiger partial charge in [0.15, 0.2) is 0 Å². The van der Waals surface area contributed by atoms with Gasteiger partial charge in [-0.25, -0.2) is 0 Å². The number of benzene rings is 1. The van der Waals surface area contributed by atoms with E-state index in [-0.39, 0.29) is 11.3 Å². The average Bonchev–Trinajstić information content (AvgIpc) is 2.25. The molecule has 1 aromatic carbocycles. The van der Waals surface area contributed by atoms with E-state index in [9.17, 15) is 4.79 Å². The van der Waals surface area contributed by atoms with Crippen LogP contribution in [0.15, 0.2) is 18.2 Å². The molecule has 1 aromatic rings. The zero-order valence-electron chi connectivity index (χ0n) is 11.3. The summed E-state index contributed by atoms with van der Waals surface area (Å²) in [6.45, 7) is 4.87. The minimum Gasteiger partial charge on any atom is -0.330 e. The fourth-order valence-corrected chi connectivity index (χ4v) is 2.34. The average molecular weight is 303 g/mol. The van der Waals surface area contributed by atoms with Gasteiger partial charge >= 0.3 is 0 Å². The summed E-state index contributed by atoms with van der Waals surface area (Å²) >= 11 is 11.7. The molecule has 0 bridgehead atoms. The van der Waals surface area contributed by atoms with Crippen molar-refractivity contribution in [2.75, 3.05) is 11.9 Å². The molecule has 0 saturated heterocycles. The largest absolute Gasteiger partial charge is 0.330 e. The zero-order chi connectivity index (χ0) is 14.5. The highest BCUT2D eigenvalue weighted by molar-refractivity contribution is 6.35. The Balaban J connectivity index is 2.51. The van der Waals surface area contributed by atoms with Crippen molar-refractivity contribution in [1.29, 1.82) is 0 Å². The SMILES string of the molecule is CC(C)(CCN)CCC(=O)Nc1cc(Cl)cc(Cl)c1. The van der Waals surface area contributed by atoms with E-state index >= 15 is 0 Å². The summed E-state index contributed by atoms with van der Waals surface area (Å²) in [6.07, 6.45) is 2.16. The Morgan fingerprint density at radius 3 is 2.32 bits per heavy atom. The highest BCUT2D eigenvalue weighted by Gasteiger charge is 2.18. The highest BCUT2D eigenvalue weighted by atomic mass is 35.5. The second-order valence-corrected chi connectivity index (χ2v) is 6.28. The lowest BCUT2D eigenvalue weighted by molar-refractivity contribution is -0.116. The summed E-state index contributed by atoms with van der Waals surface area (Å²) in [5.41, 5.74) is 6.25. The Kier molecular flexibility index (Phi) is 6.11. The molecule has 0 fully saturated rings. The van der Waals surface area contributed by atoms with Crippen LogP contribution >= 0.6 is 23.2 Å². The number of nitrogens with two attached hydrogens (primary N) is 1. The number of halogens is 2. The molecule has 3 nitrogen and oxygen atoms in total. The van der Waals surface area contributed by atoms with Crippen LogP contribution in [0.1, 0.15) is 33.1 Å². The normalized spacial score (nSPS) is 11.4. The van der Waals surface area contributed by atoms with Crippen molar-refractivity contribution in [3.05, 3.63) is 28.2 Å². The van der Waals surface area contributed by atoms with Gasteiger partial charge in [0, 0.05) is 22.2 Å². The number of carbonyl (C=O) groups excluding carboxylic acids is 1. The van der Waals surface area contributed by atoms with Crippen LogP contribution in [-0.4, -0.2) is 12.5 Å². The lowest BCUT2D eigenvalue weighted by atomic mass is 9.84. The Morgan fingerprint density at radius 2 is 1.79 bits per heavy atom. The molecular formula is C14H20Cl2N2O. The first-order chi connectivity index (χ1) is 8.82. The molecule has 0 aliphatic rings. The van der Waals surface area contributed by atoms with Gasteiger partial charge in [0.2, 0.25) is 5.91 Å². The molecule has 0 aromatic heterocycles. The molecule has 0 aliphatic heterocycles. The molecule has 0 aliphatic carbocycles. The zero-order valence-corrected chi connectivity index (χ0v) is 12.8. The minimum absolute atomic E-state index is 0.0385. The second kappa shape index (κ2) is 7.13. The molecule has 0 spiro atoms. The van der Waals surface area contributed by atoms with Gasteiger partial charge in [-0.2, -0.15) is 0 Å². The smallest absolute Gasteiger partial charge is 0.224 e. The topological polar surface area (TPSA) is 55.1 Å². The molecule has 1 rings (SSSR count). The van der Waals surface area contributed by atoms with Crippen molar-refractivity contribution in [1.82, 2.24) is 0 Å². The Labute approximate surface area is 124 Å². The molecule has 0 heterocycles. The van der Waals surface area contributed by atoms with E-state index in [0.717, 1.165) is 12.8 Å². The molecule has 0 atom stereocenters. The van der Waals surface area contributed by atoms with Gasteiger partial charge in [-0.05, 0) is 43.0 Å². The third-order valence-corrected chi connectivity index (χ3v) is 3.43. The van der Waals surface area contributed by atoms with Gasteiger partial charge in [-0.15, -0.1) is 0 Å². The third-order valence-electron chi connectivity index (χ3n) is 3.00. The summed E-state index contributed by atoms with van der Waals surface area (Å²) in [6, 6.07) is 4.98. The lowest BCUT2D eigenvalue weighted by Gasteiger charge is -2.23. The molecule has 0 saturated carbocycles. The number of hydrogen-bond donors (Lipinski definition) is 2. The number of anilines is 1. The summed E-state index contributed by atoms with van der Waals surface area (Å²) < 4.78 is 0. The van der Waals surface area contributed by atoms with Crippen LogP contribution in [0.5, 0.6) is 0 Å². The Bertz CT molecular complexity index is 427. The van der Waals surface area contributed by atoms with Crippen molar-refractivity contribution in [2.24, 2.45) is 11.1 Å². The maximum atomic E-state index is 11.9. The number of carbonyl (C=O) groups is 1. The van der Waals surface area contributed by atoms with Crippen LogP contribution in [0.3, 0.4) is 0 Å². The van der Waals surface area contributed by atoms with Crippen LogP contribution in [-0.2, 0) is 4.79 Å². The Hall–Kier alpha value is -0.770. The standard InChI is InChI=1S/C14H20Cl2N2O/c1-14(2,5-6-17)4-3-13(19)18-12-8-10(15)7-11(16)9-12/h7-9H,3-6,17H2,1-2H3,(H,18,19). The van der Waals surface area contributed by atoms with Crippen molar-refractivity contribution < 1.29 is 4.79 Å². The molecule has 0 unspecified atom stereocenters. The Morgan fingerprint density at radius 1 is 1.21 bits per heavy atom. The minimum atomic E-state index is -0.0385. The number of hydrogen-bond acceptors (Lipinski definition) is 2. The molecule has 106 valence electrons. The summed E-state index contributed by atoms with van der Waals surface area (Å²) in [5, 5.41) is 3.81. The second-order valence-electron chi connectivity index (χ2n) is 5.41. The van der Waals surface area contributed by atoms with Crippen LogP contribution in [0.2, 0.25) is 10.0 Å². The first-order valence-electron chi connectivity index (χ1n) is 6.28. The predicted octanol–water partition coefficient (Wildman–Crippen LogP) is 4.09. The van der Waals surface area contributed by atoms with E-state index in [1.165, 1.54) is 0 Å². The lowest BCUT2D eigenvalue weighted by Crippen LogP contribution is -2.20. The number of amides is 1. The molecule has 19 heavy (non-hydrogen) atoms. The summed E-state index contributed by atoms with van der Waals surface area (Å²) in [5.74, 6) is -0.0385. The predicted molar refractivity (Wildman–Crippen MR) is 81.8 cm³/mol. The van der Waals surface area contributed by atoms with Crippen molar-refractivity contribution >= 4 is 34.8 Å². The van der Waals surface area contributed by atoms with Crippen LogP contribution < -0.4 is 11.1 Å². The van der Waals surface area contributed by atoms with E-state index in [0.29, 0.717) is 28.7 Å². The first-order valence-corrected chi connectivity index (χ1v) is 7.04. The highest BCUT2D eigenvalue weighted by Crippen LogP contribution is 2.27. The van der Waals surface area contributed by atoms with E-state index in [2.05, 4.69) is 19.2 Å². The first kappa shape index (κ1) is 16.3. The van der Waals surface area contributed by atoms with Gasteiger partial charge in [0.05, 0.1) is 0 Å². The van der Waals surface area contributed by atoms with Gasteiger partial charge in [0.25, 0.3) is 0 Å². The van der Waals surface area contributed by atoms with E-state index in [4.69, 9.17) is 28.9 Å². The van der Waals surface area contributed by atoms with Crippen LogP contribution in [0.25, 0.3) is 0 Å². The van der Waals surface area contributed by atoms with E-state index in [1.54, 1.807) is 18.2 Å². The quantitative estimate of drug-likeness (QED) is 0.831. The maximum Gasteiger partial charge on any atom is 0.224 e. The van der Waals surface area contributed by atoms with Gasteiger partial charge in [-0.3, -0.25) is 4.79 Å². The molecule has 1 amide bonds. The van der Waals surface area contributed by atoms with Crippen LogP contribution in [0.4, 0.5) is 5.69 Å². The molecular weight excluding hydrogens is 283 g/mol. The molecule has 3 N–H and O–H groups in total. The monoisotopic (exact) mass is 302 g/mol. The van der Waals surface area contributed by atoms with Gasteiger partial charge in [0.1, 0.15) is 0 Å². The molecule has 0 radical (unpaired) electrons. The van der Waals surface area contributed by atoms with Crippen LogP contribution in [0, 0.1) is 5.41 Å². The van der Waals surface area contributed by atoms with Crippen molar-refractivity contribution in [3.8, 4) is 0 Å². The number of rotatable bonds is 6. The number of nitrogens with one attached hydrogen (secondary N) is 1. The summed E-state index contributed by atoms with van der Waals surface area (Å²) in [4.78, 5) is 11.9. The van der Waals surface area contributed by atoms with Crippen molar-refractivity contribution in [2.45, 2.75) is 33.1 Å². The third kappa shape index (κ3) is 6.28. The summed E-state index contributed by atoms with van der Waals surface area (Å²) in [7, 11) is 0. The van der Waals surface area contributed by atoms with Crippen molar-refractivity contribution in [3.63, 3.8) is 0 Å². The maximum absolute atomic E-state index is 11.9. The van der Waals surface area contributed by atoms with E-state index < -0.39 is 0 Å². The van der Waals surface area contributed by atoms with Gasteiger partial charge in [-0.1, -0.05) is 37.0 Å². The van der Waals surface area contributed by atoms with E-state index in [1.807, 2.05) is 0 Å². The molecule has 5 heteroatoms. The van der Waals surface area contributed by atoms with Gasteiger partial charge < -0.3 is 11.1 Å².